The van der Waals surface area contributed by atoms with Crippen LogP contribution in [-0.4, -0.2) is 0 Å². The Hall–Kier alpha value is -3.36. The fourth-order valence-corrected chi connectivity index (χ4v) is 6.94. The average molecular weight is 529 g/mol. The molecule has 4 heterocycles. The standard InChI is InChI=1S/C28H20N2OS4/c1-5-25(32-17-1)29(26-6-2-18-33-26)21-9-13-23(14-10-21)31-24-15-11-22(12-16-24)30(27-7-3-19-34-27)28-8-4-20-35-28/h1-20H. The summed E-state index contributed by atoms with van der Waals surface area (Å²) in [5.74, 6) is 1.62. The summed E-state index contributed by atoms with van der Waals surface area (Å²) < 4.78 is 6.18. The monoisotopic (exact) mass is 528 g/mol. The first-order chi connectivity index (χ1) is 17.3. The first-order valence-corrected chi connectivity index (χ1v) is 14.5. The third-order valence-electron chi connectivity index (χ3n) is 5.33. The number of benzene rings is 2. The molecule has 0 N–H and O–H groups in total. The molecular weight excluding hydrogens is 509 g/mol. The number of hydrogen-bond acceptors (Lipinski definition) is 7. The second-order valence-corrected chi connectivity index (χ2v) is 11.3. The summed E-state index contributed by atoms with van der Waals surface area (Å²) in [7, 11) is 0. The van der Waals surface area contributed by atoms with Gasteiger partial charge in [-0.25, -0.2) is 0 Å². The van der Waals surface area contributed by atoms with Crippen LogP contribution in [0.15, 0.2) is 119 Å². The Morgan fingerprint density at radius 3 is 0.971 bits per heavy atom. The van der Waals surface area contributed by atoms with Crippen LogP contribution in [0.3, 0.4) is 0 Å². The Morgan fingerprint density at radius 1 is 0.400 bits per heavy atom. The Kier molecular flexibility index (Phi) is 6.38. The van der Waals surface area contributed by atoms with Gasteiger partial charge in [0, 0.05) is 11.4 Å². The molecule has 6 aromatic rings. The van der Waals surface area contributed by atoms with Crippen molar-refractivity contribution < 1.29 is 4.74 Å². The highest BCUT2D eigenvalue weighted by Crippen LogP contribution is 2.42. The van der Waals surface area contributed by atoms with Gasteiger partial charge in [-0.3, -0.25) is 9.80 Å². The molecule has 2 aromatic carbocycles. The average Bonchev–Trinajstić information content (AvgIpc) is 3.71. The SMILES string of the molecule is c1csc(N(c2ccc(Oc3ccc(N(c4cccs4)c4cccs4)cc3)cc2)c2cccs2)c1. The quantitative estimate of drug-likeness (QED) is 0.195. The van der Waals surface area contributed by atoms with Crippen LogP contribution in [0.5, 0.6) is 11.5 Å². The topological polar surface area (TPSA) is 15.7 Å². The largest absolute Gasteiger partial charge is 0.457 e. The molecule has 7 heteroatoms. The van der Waals surface area contributed by atoms with Gasteiger partial charge in [0.25, 0.3) is 0 Å². The van der Waals surface area contributed by atoms with E-state index in [1.54, 1.807) is 45.3 Å². The number of anilines is 6. The Balaban J connectivity index is 1.22. The lowest BCUT2D eigenvalue weighted by Gasteiger charge is -2.22. The van der Waals surface area contributed by atoms with E-state index < -0.39 is 0 Å². The lowest BCUT2D eigenvalue weighted by Crippen LogP contribution is -2.06. The first-order valence-electron chi connectivity index (χ1n) is 11.0. The first kappa shape index (κ1) is 22.1. The van der Waals surface area contributed by atoms with Gasteiger partial charge in [-0.2, -0.15) is 0 Å². The van der Waals surface area contributed by atoms with Gasteiger partial charge < -0.3 is 4.74 Å². The molecule has 0 bridgehead atoms. The number of hydrogen-bond donors (Lipinski definition) is 0. The van der Waals surface area contributed by atoms with Crippen molar-refractivity contribution in [1.82, 2.24) is 0 Å². The third-order valence-corrected chi connectivity index (χ3v) is 8.75. The summed E-state index contributed by atoms with van der Waals surface area (Å²) >= 11 is 6.92. The highest BCUT2D eigenvalue weighted by atomic mass is 32.1. The Bertz CT molecular complexity index is 1260. The number of nitrogens with zero attached hydrogens (tertiary/aromatic N) is 2. The van der Waals surface area contributed by atoms with Crippen LogP contribution in [0.25, 0.3) is 0 Å². The maximum absolute atomic E-state index is 6.18. The van der Waals surface area contributed by atoms with Crippen LogP contribution in [0.1, 0.15) is 0 Å². The van der Waals surface area contributed by atoms with Crippen LogP contribution in [0.2, 0.25) is 0 Å². The van der Waals surface area contributed by atoms with Crippen LogP contribution >= 0.6 is 45.3 Å². The summed E-state index contributed by atoms with van der Waals surface area (Å²) in [5.41, 5.74) is 2.22. The maximum atomic E-state index is 6.18. The smallest absolute Gasteiger partial charge is 0.127 e. The minimum atomic E-state index is 0.812. The second-order valence-electron chi connectivity index (χ2n) is 7.57. The molecule has 0 spiro atoms. The Labute approximate surface area is 220 Å². The van der Waals surface area contributed by atoms with E-state index in [9.17, 15) is 0 Å². The van der Waals surface area contributed by atoms with Crippen molar-refractivity contribution >= 4 is 76.7 Å². The molecule has 0 aliphatic rings. The van der Waals surface area contributed by atoms with E-state index in [1.165, 1.54) is 20.0 Å². The van der Waals surface area contributed by atoms with Gasteiger partial charge in [-0.05, 0) is 119 Å². The fourth-order valence-electron chi connectivity index (χ4n) is 3.78. The Morgan fingerprint density at radius 2 is 0.714 bits per heavy atom. The van der Waals surface area contributed by atoms with E-state index >= 15 is 0 Å². The van der Waals surface area contributed by atoms with Crippen molar-refractivity contribution in [3.8, 4) is 11.5 Å². The van der Waals surface area contributed by atoms with Gasteiger partial charge in [-0.1, -0.05) is 0 Å². The van der Waals surface area contributed by atoms with Gasteiger partial charge in [0.05, 0.1) is 0 Å². The number of ether oxygens (including phenoxy) is 1. The summed E-state index contributed by atoms with van der Waals surface area (Å²) in [6.45, 7) is 0. The van der Waals surface area contributed by atoms with Crippen molar-refractivity contribution in [3.63, 3.8) is 0 Å². The van der Waals surface area contributed by atoms with Gasteiger partial charge in [0.2, 0.25) is 0 Å². The van der Waals surface area contributed by atoms with Crippen molar-refractivity contribution in [2.75, 3.05) is 9.80 Å². The highest BCUT2D eigenvalue weighted by Gasteiger charge is 2.16. The van der Waals surface area contributed by atoms with Gasteiger partial charge >= 0.3 is 0 Å². The molecule has 35 heavy (non-hydrogen) atoms. The van der Waals surface area contributed by atoms with Crippen molar-refractivity contribution in [2.45, 2.75) is 0 Å². The van der Waals surface area contributed by atoms with Crippen LogP contribution in [-0.2, 0) is 0 Å². The predicted octanol–water partition coefficient (Wildman–Crippen LogP) is 10.7. The summed E-state index contributed by atoms with van der Waals surface area (Å²) in [5, 5.41) is 13.2. The molecule has 0 fully saturated rings. The van der Waals surface area contributed by atoms with Gasteiger partial charge in [0.1, 0.15) is 31.5 Å². The van der Waals surface area contributed by atoms with E-state index in [2.05, 4.69) is 104 Å². The molecule has 0 saturated heterocycles. The fraction of sp³-hybridized carbons (Fsp3) is 0. The number of thiophene rings is 4. The second kappa shape index (κ2) is 10.1. The molecule has 0 saturated carbocycles. The molecule has 6 rings (SSSR count). The zero-order chi connectivity index (χ0) is 23.5. The van der Waals surface area contributed by atoms with E-state index in [1.807, 2.05) is 24.3 Å². The third kappa shape index (κ3) is 4.76. The maximum Gasteiger partial charge on any atom is 0.127 e. The molecule has 0 radical (unpaired) electrons. The van der Waals surface area contributed by atoms with Crippen molar-refractivity contribution in [1.29, 1.82) is 0 Å². The van der Waals surface area contributed by atoms with E-state index in [0.29, 0.717) is 0 Å². The molecular formula is C28H20N2OS4. The van der Waals surface area contributed by atoms with Crippen LogP contribution in [0, 0.1) is 0 Å². The van der Waals surface area contributed by atoms with Crippen LogP contribution < -0.4 is 14.5 Å². The number of rotatable bonds is 8. The molecule has 0 unspecified atom stereocenters. The van der Waals surface area contributed by atoms with Crippen molar-refractivity contribution in [2.24, 2.45) is 0 Å². The molecule has 4 aromatic heterocycles. The molecule has 0 atom stereocenters. The molecule has 0 aliphatic carbocycles. The molecule has 172 valence electrons. The lowest BCUT2D eigenvalue weighted by molar-refractivity contribution is 0.483. The van der Waals surface area contributed by atoms with E-state index in [4.69, 9.17) is 4.74 Å². The van der Waals surface area contributed by atoms with E-state index in [-0.39, 0.29) is 0 Å². The minimum absolute atomic E-state index is 0.812. The molecule has 0 aliphatic heterocycles. The summed E-state index contributed by atoms with van der Waals surface area (Å²) in [4.78, 5) is 4.55. The van der Waals surface area contributed by atoms with Crippen molar-refractivity contribution in [3.05, 3.63) is 119 Å². The van der Waals surface area contributed by atoms with Gasteiger partial charge in [0.15, 0.2) is 0 Å². The normalized spacial score (nSPS) is 10.9. The van der Waals surface area contributed by atoms with Crippen LogP contribution in [0.4, 0.5) is 31.4 Å². The zero-order valence-electron chi connectivity index (χ0n) is 18.5. The molecule has 3 nitrogen and oxygen atoms in total. The molecule has 0 amide bonds. The summed E-state index contributed by atoms with van der Waals surface area (Å²) in [6.07, 6.45) is 0. The summed E-state index contributed by atoms with van der Waals surface area (Å²) in [6, 6.07) is 33.5. The van der Waals surface area contributed by atoms with Gasteiger partial charge in [-0.15, -0.1) is 45.3 Å². The minimum Gasteiger partial charge on any atom is -0.457 e. The zero-order valence-corrected chi connectivity index (χ0v) is 21.7. The highest BCUT2D eigenvalue weighted by molar-refractivity contribution is 7.17. The predicted molar refractivity (Wildman–Crippen MR) is 154 cm³/mol. The van der Waals surface area contributed by atoms with E-state index in [0.717, 1.165) is 22.9 Å². The lowest BCUT2D eigenvalue weighted by atomic mass is 10.2.